The maximum atomic E-state index is 12.4. The van der Waals surface area contributed by atoms with Crippen molar-refractivity contribution in [2.24, 2.45) is 0 Å². The number of alkyl halides is 1. The van der Waals surface area contributed by atoms with Crippen molar-refractivity contribution in [3.63, 3.8) is 0 Å². The van der Waals surface area contributed by atoms with Gasteiger partial charge in [-0.05, 0) is 17.2 Å². The molecule has 4 heteroatoms. The van der Waals surface area contributed by atoms with Crippen molar-refractivity contribution in [3.8, 4) is 11.3 Å². The Hall–Kier alpha value is -1.84. The lowest BCUT2D eigenvalue weighted by molar-refractivity contribution is 0.485. The Morgan fingerprint density at radius 2 is 2.21 bits per heavy atom. The van der Waals surface area contributed by atoms with Crippen molar-refractivity contribution in [2.75, 3.05) is 5.73 Å². The summed E-state index contributed by atoms with van der Waals surface area (Å²) in [4.78, 5) is 0. The van der Waals surface area contributed by atoms with E-state index in [-0.39, 0.29) is 0 Å². The van der Waals surface area contributed by atoms with Gasteiger partial charge < -0.3 is 5.73 Å². The number of aromatic amines is 1. The fourth-order valence-electron chi connectivity index (χ4n) is 1.31. The molecule has 0 aliphatic rings. The van der Waals surface area contributed by atoms with Crippen molar-refractivity contribution in [1.29, 1.82) is 0 Å². The Bertz CT molecular complexity index is 436. The SMILES string of the molecule is Nc1cc(-c2cccc(CF)c2)[nH]n1. The third kappa shape index (κ3) is 1.59. The van der Waals surface area contributed by atoms with Crippen LogP contribution >= 0.6 is 0 Å². The van der Waals surface area contributed by atoms with E-state index in [1.54, 1.807) is 24.3 Å². The molecule has 3 nitrogen and oxygen atoms in total. The summed E-state index contributed by atoms with van der Waals surface area (Å²) in [6.45, 7) is -0.461. The van der Waals surface area contributed by atoms with E-state index in [1.807, 2.05) is 6.07 Å². The van der Waals surface area contributed by atoms with Gasteiger partial charge in [-0.15, -0.1) is 0 Å². The minimum Gasteiger partial charge on any atom is -0.382 e. The predicted octanol–water partition coefficient (Wildman–Crippen LogP) is 2.13. The van der Waals surface area contributed by atoms with Crippen LogP contribution in [0.15, 0.2) is 30.3 Å². The van der Waals surface area contributed by atoms with Crippen molar-refractivity contribution < 1.29 is 4.39 Å². The summed E-state index contributed by atoms with van der Waals surface area (Å²) in [5.74, 6) is 0.436. The number of nitrogens with one attached hydrogen (secondary N) is 1. The van der Waals surface area contributed by atoms with Gasteiger partial charge in [-0.25, -0.2) is 4.39 Å². The number of rotatable bonds is 2. The topological polar surface area (TPSA) is 54.7 Å². The van der Waals surface area contributed by atoms with Gasteiger partial charge in [0.05, 0.1) is 5.69 Å². The standard InChI is InChI=1S/C10H10FN3/c11-6-7-2-1-3-8(4-7)9-5-10(12)14-13-9/h1-5H,6H2,(H3,12,13,14). The number of benzene rings is 1. The molecule has 3 N–H and O–H groups in total. The highest BCUT2D eigenvalue weighted by Crippen LogP contribution is 2.19. The van der Waals surface area contributed by atoms with Crippen LogP contribution in [0.5, 0.6) is 0 Å². The second kappa shape index (κ2) is 3.49. The Morgan fingerprint density at radius 3 is 2.86 bits per heavy atom. The number of nitrogens with two attached hydrogens (primary N) is 1. The van der Waals surface area contributed by atoms with Crippen molar-refractivity contribution in [3.05, 3.63) is 35.9 Å². The average Bonchev–Trinajstić information content (AvgIpc) is 2.65. The first-order chi connectivity index (χ1) is 6.79. The van der Waals surface area contributed by atoms with Crippen LogP contribution in [0.25, 0.3) is 11.3 Å². The zero-order valence-corrected chi connectivity index (χ0v) is 7.50. The summed E-state index contributed by atoms with van der Waals surface area (Å²) in [6, 6.07) is 8.92. The number of nitrogen functional groups attached to an aromatic ring is 1. The van der Waals surface area contributed by atoms with E-state index < -0.39 is 6.67 Å². The minimum atomic E-state index is -0.461. The molecule has 0 atom stereocenters. The van der Waals surface area contributed by atoms with Crippen LogP contribution in [-0.2, 0) is 6.67 Å². The van der Waals surface area contributed by atoms with E-state index in [0.717, 1.165) is 11.3 Å². The predicted molar refractivity (Wildman–Crippen MR) is 53.2 cm³/mol. The van der Waals surface area contributed by atoms with Crippen LogP contribution in [0.4, 0.5) is 10.2 Å². The number of halogens is 1. The van der Waals surface area contributed by atoms with E-state index in [1.165, 1.54) is 0 Å². The molecule has 72 valence electrons. The van der Waals surface area contributed by atoms with Gasteiger partial charge in [-0.3, -0.25) is 5.10 Å². The molecule has 14 heavy (non-hydrogen) atoms. The Morgan fingerprint density at radius 1 is 1.36 bits per heavy atom. The first-order valence-electron chi connectivity index (χ1n) is 4.26. The molecule has 0 radical (unpaired) electrons. The molecule has 1 heterocycles. The molecule has 2 aromatic rings. The van der Waals surface area contributed by atoms with Crippen LogP contribution in [-0.4, -0.2) is 10.2 Å². The molecule has 0 saturated heterocycles. The monoisotopic (exact) mass is 191 g/mol. The summed E-state index contributed by atoms with van der Waals surface area (Å²) in [5, 5.41) is 6.58. The van der Waals surface area contributed by atoms with Crippen LogP contribution in [0.3, 0.4) is 0 Å². The number of nitrogens with zero attached hydrogens (tertiary/aromatic N) is 1. The van der Waals surface area contributed by atoms with E-state index in [4.69, 9.17) is 5.73 Å². The third-order valence-corrected chi connectivity index (χ3v) is 1.99. The van der Waals surface area contributed by atoms with Gasteiger partial charge >= 0.3 is 0 Å². The highest BCUT2D eigenvalue weighted by molar-refractivity contribution is 5.62. The molecule has 0 aliphatic heterocycles. The van der Waals surface area contributed by atoms with Crippen LogP contribution < -0.4 is 5.73 Å². The first-order valence-corrected chi connectivity index (χ1v) is 4.26. The smallest absolute Gasteiger partial charge is 0.145 e. The second-order valence-corrected chi connectivity index (χ2v) is 3.04. The van der Waals surface area contributed by atoms with E-state index >= 15 is 0 Å². The third-order valence-electron chi connectivity index (χ3n) is 1.99. The molecule has 1 aromatic carbocycles. The highest BCUT2D eigenvalue weighted by atomic mass is 19.1. The molecule has 0 spiro atoms. The Labute approximate surface area is 80.8 Å². The molecule has 0 aliphatic carbocycles. The summed E-state index contributed by atoms with van der Waals surface area (Å²) in [6.07, 6.45) is 0. The zero-order chi connectivity index (χ0) is 9.97. The first kappa shape index (κ1) is 8.74. The molecule has 0 bridgehead atoms. The highest BCUT2D eigenvalue weighted by Gasteiger charge is 2.01. The van der Waals surface area contributed by atoms with Gasteiger partial charge in [-0.2, -0.15) is 5.10 Å². The average molecular weight is 191 g/mol. The van der Waals surface area contributed by atoms with Gasteiger partial charge in [-0.1, -0.05) is 18.2 Å². The summed E-state index contributed by atoms with van der Waals surface area (Å²) in [7, 11) is 0. The minimum absolute atomic E-state index is 0.436. The molecular weight excluding hydrogens is 181 g/mol. The van der Waals surface area contributed by atoms with E-state index in [2.05, 4.69) is 10.2 Å². The second-order valence-electron chi connectivity index (χ2n) is 3.04. The van der Waals surface area contributed by atoms with Gasteiger partial charge in [0.15, 0.2) is 0 Å². The largest absolute Gasteiger partial charge is 0.382 e. The summed E-state index contributed by atoms with van der Waals surface area (Å²) < 4.78 is 12.4. The van der Waals surface area contributed by atoms with Gasteiger partial charge in [0.25, 0.3) is 0 Å². The lowest BCUT2D eigenvalue weighted by Gasteiger charge is -1.98. The fraction of sp³-hybridized carbons (Fsp3) is 0.100. The van der Waals surface area contributed by atoms with Gasteiger partial charge in [0.2, 0.25) is 0 Å². The van der Waals surface area contributed by atoms with Crippen LogP contribution in [0.2, 0.25) is 0 Å². The van der Waals surface area contributed by atoms with Crippen LogP contribution in [0.1, 0.15) is 5.56 Å². The normalized spacial score (nSPS) is 10.4. The van der Waals surface area contributed by atoms with Crippen LogP contribution in [0, 0.1) is 0 Å². The molecule has 0 fully saturated rings. The molecule has 0 unspecified atom stereocenters. The summed E-state index contributed by atoms with van der Waals surface area (Å²) in [5.41, 5.74) is 7.82. The fourth-order valence-corrected chi connectivity index (χ4v) is 1.31. The van der Waals surface area contributed by atoms with Crippen molar-refractivity contribution in [2.45, 2.75) is 6.67 Å². The lowest BCUT2D eigenvalue weighted by Crippen LogP contribution is -1.81. The number of aromatic nitrogens is 2. The van der Waals surface area contributed by atoms with Crippen molar-refractivity contribution in [1.82, 2.24) is 10.2 Å². The number of anilines is 1. The molecule has 0 saturated carbocycles. The van der Waals surface area contributed by atoms with Gasteiger partial charge in [0.1, 0.15) is 12.5 Å². The van der Waals surface area contributed by atoms with Crippen molar-refractivity contribution >= 4 is 5.82 Å². The van der Waals surface area contributed by atoms with Gasteiger partial charge in [0, 0.05) is 6.07 Å². The summed E-state index contributed by atoms with van der Waals surface area (Å²) >= 11 is 0. The number of hydrogen-bond acceptors (Lipinski definition) is 2. The number of H-pyrrole nitrogens is 1. The van der Waals surface area contributed by atoms with E-state index in [9.17, 15) is 4.39 Å². The molecule has 1 aromatic heterocycles. The Balaban J connectivity index is 2.41. The number of hydrogen-bond donors (Lipinski definition) is 2. The lowest BCUT2D eigenvalue weighted by atomic mass is 10.1. The molecular formula is C10H10FN3. The quantitative estimate of drug-likeness (QED) is 0.764. The Kier molecular flexibility index (Phi) is 2.18. The van der Waals surface area contributed by atoms with E-state index in [0.29, 0.717) is 11.4 Å². The molecule has 2 rings (SSSR count). The maximum Gasteiger partial charge on any atom is 0.145 e. The maximum absolute atomic E-state index is 12.4. The zero-order valence-electron chi connectivity index (χ0n) is 7.50. The molecule has 0 amide bonds.